The van der Waals surface area contributed by atoms with Crippen LogP contribution >= 0.6 is 0 Å². The van der Waals surface area contributed by atoms with Crippen molar-refractivity contribution in [1.82, 2.24) is 0 Å². The average Bonchev–Trinajstić information content (AvgIpc) is 2.95. The van der Waals surface area contributed by atoms with E-state index in [4.69, 9.17) is 23.7 Å². The van der Waals surface area contributed by atoms with Crippen LogP contribution in [0.2, 0.25) is 0 Å². The van der Waals surface area contributed by atoms with Gasteiger partial charge >= 0.3 is 0 Å². The second kappa shape index (κ2) is 12.6. The zero-order valence-electron chi connectivity index (χ0n) is 21.1. The van der Waals surface area contributed by atoms with Gasteiger partial charge in [-0.05, 0) is 36.4 Å². The van der Waals surface area contributed by atoms with Gasteiger partial charge in [0.25, 0.3) is 0 Å². The van der Waals surface area contributed by atoms with Gasteiger partial charge in [-0.1, -0.05) is 0 Å². The van der Waals surface area contributed by atoms with E-state index in [-0.39, 0.29) is 23.5 Å². The van der Waals surface area contributed by atoms with Gasteiger partial charge in [-0.2, -0.15) is 0 Å². The fourth-order valence-corrected chi connectivity index (χ4v) is 4.17. The van der Waals surface area contributed by atoms with Crippen molar-refractivity contribution >= 4 is 11.6 Å². The summed E-state index contributed by atoms with van der Waals surface area (Å²) < 4.78 is 26.5. The maximum atomic E-state index is 12.7. The van der Waals surface area contributed by atoms with Crippen molar-refractivity contribution in [3.8, 4) is 17.2 Å². The van der Waals surface area contributed by atoms with E-state index >= 15 is 0 Å². The number of hydrogen-bond donors (Lipinski definition) is 7. The molecule has 0 saturated carbocycles. The van der Waals surface area contributed by atoms with Crippen LogP contribution in [0.5, 0.6) is 17.2 Å². The van der Waals surface area contributed by atoms with Gasteiger partial charge in [0.2, 0.25) is 17.9 Å². The first-order valence-corrected chi connectivity index (χ1v) is 12.2. The highest BCUT2D eigenvalue weighted by Gasteiger charge is 2.46. The van der Waals surface area contributed by atoms with Crippen LogP contribution in [0.3, 0.4) is 0 Å². The number of aromatic hydroxyl groups is 1. The molecule has 218 valence electrons. The van der Waals surface area contributed by atoms with Crippen LogP contribution in [-0.2, 0) is 14.2 Å². The molecule has 7 N–H and O–H groups in total. The summed E-state index contributed by atoms with van der Waals surface area (Å²) in [7, 11) is 1.45. The molecular weight excluding hydrogens is 536 g/mol. The third-order valence-corrected chi connectivity index (χ3v) is 6.57. The molecular formula is C26H30O14. The summed E-state index contributed by atoms with van der Waals surface area (Å²) >= 11 is 0. The van der Waals surface area contributed by atoms with E-state index in [2.05, 4.69) is 0 Å². The number of carbonyl (C=O) groups is 2. The Kier molecular flexibility index (Phi) is 9.35. The second-order valence-corrected chi connectivity index (χ2v) is 9.28. The predicted molar refractivity (Wildman–Crippen MR) is 131 cm³/mol. The molecule has 2 aliphatic rings. The largest absolute Gasteiger partial charge is 0.507 e. The van der Waals surface area contributed by atoms with Crippen molar-refractivity contribution in [1.29, 1.82) is 0 Å². The molecule has 0 amide bonds. The quantitative estimate of drug-likeness (QED) is 0.130. The SMILES string of the molecule is COc1ccc(C(=O)C(=O)c2ccc(O[C@@H]3O[C@H](CO[C@@H]4OC[C@@H](O)[C@H](O)[C@H]4O)[C@@H](O)[C@H](O)[C@H]3O)cc2O)cc1. The first kappa shape index (κ1) is 29.8. The Labute approximate surface area is 227 Å². The summed E-state index contributed by atoms with van der Waals surface area (Å²) in [5, 5.41) is 70.7. The second-order valence-electron chi connectivity index (χ2n) is 9.28. The van der Waals surface area contributed by atoms with Gasteiger partial charge in [0, 0.05) is 11.6 Å². The van der Waals surface area contributed by atoms with Gasteiger partial charge < -0.3 is 59.4 Å². The van der Waals surface area contributed by atoms with Gasteiger partial charge in [0.15, 0.2) is 6.29 Å². The van der Waals surface area contributed by atoms with E-state index in [9.17, 15) is 45.3 Å². The van der Waals surface area contributed by atoms with E-state index in [1.54, 1.807) is 0 Å². The van der Waals surface area contributed by atoms with Crippen LogP contribution in [0.15, 0.2) is 42.5 Å². The van der Waals surface area contributed by atoms with Crippen molar-refractivity contribution < 1.29 is 69.0 Å². The fraction of sp³-hybridized carbons (Fsp3) is 0.462. The van der Waals surface area contributed by atoms with Gasteiger partial charge in [-0.3, -0.25) is 9.59 Å². The number of methoxy groups -OCH3 is 1. The Balaban J connectivity index is 1.41. The molecule has 0 spiro atoms. The number of ketones is 2. The molecule has 2 aromatic carbocycles. The molecule has 40 heavy (non-hydrogen) atoms. The Morgan fingerprint density at radius 3 is 2.12 bits per heavy atom. The molecule has 2 aliphatic heterocycles. The van der Waals surface area contributed by atoms with Gasteiger partial charge in [0.05, 0.1) is 25.9 Å². The highest BCUT2D eigenvalue weighted by Crippen LogP contribution is 2.30. The lowest BCUT2D eigenvalue weighted by Crippen LogP contribution is -2.61. The summed E-state index contributed by atoms with van der Waals surface area (Å²) in [6.07, 6.45) is -13.9. The van der Waals surface area contributed by atoms with Crippen molar-refractivity contribution in [2.24, 2.45) is 0 Å². The lowest BCUT2D eigenvalue weighted by molar-refractivity contribution is -0.307. The highest BCUT2D eigenvalue weighted by molar-refractivity contribution is 6.49. The molecule has 2 saturated heterocycles. The molecule has 2 aromatic rings. The van der Waals surface area contributed by atoms with Crippen molar-refractivity contribution in [2.45, 2.75) is 55.3 Å². The number of carbonyl (C=O) groups excluding carboxylic acids is 2. The highest BCUT2D eigenvalue weighted by atomic mass is 16.7. The summed E-state index contributed by atoms with van der Waals surface area (Å²) in [5.74, 6) is -2.07. The minimum atomic E-state index is -1.76. The number of hydrogen-bond acceptors (Lipinski definition) is 14. The maximum Gasteiger partial charge on any atom is 0.237 e. The zero-order valence-corrected chi connectivity index (χ0v) is 21.1. The Hall–Kier alpha value is -3.18. The van der Waals surface area contributed by atoms with E-state index in [1.807, 2.05) is 0 Å². The minimum absolute atomic E-state index is 0.0851. The smallest absolute Gasteiger partial charge is 0.237 e. The number of rotatable bonds is 9. The number of ether oxygens (including phenoxy) is 5. The van der Waals surface area contributed by atoms with Gasteiger partial charge in [0.1, 0.15) is 60.0 Å². The Morgan fingerprint density at radius 2 is 1.48 bits per heavy atom. The summed E-state index contributed by atoms with van der Waals surface area (Å²) in [5.41, 5.74) is -0.222. The van der Waals surface area contributed by atoms with Gasteiger partial charge in [-0.25, -0.2) is 0 Å². The van der Waals surface area contributed by atoms with Crippen LogP contribution in [0.1, 0.15) is 20.7 Å². The molecule has 2 fully saturated rings. The third kappa shape index (κ3) is 6.25. The van der Waals surface area contributed by atoms with Crippen molar-refractivity contribution in [3.05, 3.63) is 53.6 Å². The molecule has 14 nitrogen and oxygen atoms in total. The molecule has 0 unspecified atom stereocenters. The summed E-state index contributed by atoms with van der Waals surface area (Å²) in [4.78, 5) is 25.3. The first-order valence-electron chi connectivity index (χ1n) is 12.2. The van der Waals surface area contributed by atoms with E-state index in [0.717, 1.165) is 12.1 Å². The minimum Gasteiger partial charge on any atom is -0.507 e. The number of benzene rings is 2. The molecule has 4 rings (SSSR count). The van der Waals surface area contributed by atoms with Crippen molar-refractivity contribution in [2.75, 3.05) is 20.3 Å². The number of aliphatic hydroxyl groups is 6. The normalized spacial score (nSPS) is 32.3. The van der Waals surface area contributed by atoms with Crippen LogP contribution in [0, 0.1) is 0 Å². The summed E-state index contributed by atoms with van der Waals surface area (Å²) in [6, 6.07) is 9.20. The molecule has 0 bridgehead atoms. The monoisotopic (exact) mass is 566 g/mol. The maximum absolute atomic E-state index is 12.7. The average molecular weight is 567 g/mol. The number of phenols is 1. The lowest BCUT2D eigenvalue weighted by atomic mass is 9.99. The molecule has 14 heteroatoms. The van der Waals surface area contributed by atoms with Crippen LogP contribution in [0.25, 0.3) is 0 Å². The molecule has 2 heterocycles. The third-order valence-electron chi connectivity index (χ3n) is 6.57. The summed E-state index contributed by atoms with van der Waals surface area (Å²) in [6.45, 7) is -0.806. The predicted octanol–water partition coefficient (Wildman–Crippen LogP) is -1.89. The first-order chi connectivity index (χ1) is 19.0. The molecule has 0 aromatic heterocycles. The zero-order chi connectivity index (χ0) is 29.1. The Bertz CT molecular complexity index is 1190. The Morgan fingerprint density at radius 1 is 0.825 bits per heavy atom. The molecule has 0 aliphatic carbocycles. The molecule has 0 radical (unpaired) electrons. The molecule has 9 atom stereocenters. The van der Waals surface area contributed by atoms with Gasteiger partial charge in [-0.15, -0.1) is 0 Å². The number of phenolic OH excluding ortho intramolecular Hbond substituents is 1. The van der Waals surface area contributed by atoms with Crippen molar-refractivity contribution in [3.63, 3.8) is 0 Å². The van der Waals surface area contributed by atoms with Crippen LogP contribution in [0.4, 0.5) is 0 Å². The number of Topliss-reactive ketones (excluding diaryl/α,β-unsaturated/α-hetero) is 2. The van der Waals surface area contributed by atoms with E-state index < -0.39 is 79.2 Å². The fourth-order valence-electron chi connectivity index (χ4n) is 4.17. The number of aliphatic hydroxyl groups excluding tert-OH is 6. The van der Waals surface area contributed by atoms with Crippen LogP contribution < -0.4 is 9.47 Å². The van der Waals surface area contributed by atoms with E-state index in [1.165, 1.54) is 37.4 Å². The van der Waals surface area contributed by atoms with Crippen LogP contribution in [-0.4, -0.2) is 123 Å². The standard InChI is InChI=1S/C26H30O14/c1-36-12-4-2-11(3-5-12)18(29)19(30)14-7-6-13(8-15(14)27)39-26-24(35)22(33)21(32)17(40-26)10-38-25-23(34)20(31)16(28)9-37-25/h2-8,16-17,20-28,31-35H,9-10H2,1H3/t16-,17-,20+,21-,22+,23-,24-,25+,26-/m1/s1. The van der Waals surface area contributed by atoms with E-state index in [0.29, 0.717) is 5.75 Å². The topological polar surface area (TPSA) is 222 Å². The lowest BCUT2D eigenvalue weighted by Gasteiger charge is -2.41.